The number of benzene rings is 1. The molecule has 0 unspecified atom stereocenters. The number of amides is 2. The molecule has 1 aliphatic heterocycles. The van der Waals surface area contributed by atoms with Crippen LogP contribution >= 0.6 is 0 Å². The van der Waals surface area contributed by atoms with Crippen LogP contribution < -0.4 is 10.6 Å². The maximum atomic E-state index is 12.8. The van der Waals surface area contributed by atoms with Gasteiger partial charge in [-0.25, -0.2) is 4.98 Å². The summed E-state index contributed by atoms with van der Waals surface area (Å²) in [5, 5.41) is 5.82. The summed E-state index contributed by atoms with van der Waals surface area (Å²) in [6.07, 6.45) is 1.68. The van der Waals surface area contributed by atoms with Crippen LogP contribution in [0.1, 0.15) is 58.2 Å². The second kappa shape index (κ2) is 7.95. The van der Waals surface area contributed by atoms with E-state index < -0.39 is 5.41 Å². The molecule has 0 radical (unpaired) electrons. The minimum Gasteiger partial charge on any atom is -0.346 e. The molecule has 2 N–H and O–H groups in total. The molecule has 3 aromatic rings. The van der Waals surface area contributed by atoms with Gasteiger partial charge in [-0.2, -0.15) is 0 Å². The molecule has 31 heavy (non-hydrogen) atoms. The summed E-state index contributed by atoms with van der Waals surface area (Å²) in [5.41, 5.74) is 4.63. The standard InChI is InChI=1S/C25H26N4O2/c1-15-12-16(2)28-20(13-15)14-27-23(30)19-9-7-18(8-10-19)17(3)25(4)21-6-5-11-26-22(21)29-24(25)31/h5-13,17H,14H2,1-4H3,(H,27,30)(H,26,29,31)/t17-,25-/m1/s1. The molecule has 158 valence electrons. The lowest BCUT2D eigenvalue weighted by molar-refractivity contribution is -0.120. The fourth-order valence-electron chi connectivity index (χ4n) is 4.26. The second-order valence-corrected chi connectivity index (χ2v) is 8.36. The zero-order chi connectivity index (χ0) is 22.2. The molecule has 2 amide bonds. The van der Waals surface area contributed by atoms with Crippen molar-refractivity contribution in [3.63, 3.8) is 0 Å². The Morgan fingerprint density at radius 2 is 1.90 bits per heavy atom. The molecular formula is C25H26N4O2. The van der Waals surface area contributed by atoms with E-state index in [4.69, 9.17) is 0 Å². The van der Waals surface area contributed by atoms with Crippen LogP contribution in [0.3, 0.4) is 0 Å². The van der Waals surface area contributed by atoms with E-state index in [1.54, 1.807) is 18.3 Å². The number of pyridine rings is 2. The van der Waals surface area contributed by atoms with Gasteiger partial charge in [0.1, 0.15) is 5.82 Å². The van der Waals surface area contributed by atoms with Crippen molar-refractivity contribution in [3.05, 3.63) is 88.4 Å². The highest BCUT2D eigenvalue weighted by molar-refractivity contribution is 6.05. The van der Waals surface area contributed by atoms with Crippen molar-refractivity contribution in [3.8, 4) is 0 Å². The second-order valence-electron chi connectivity index (χ2n) is 8.36. The number of rotatable bonds is 5. The predicted molar refractivity (Wildman–Crippen MR) is 120 cm³/mol. The van der Waals surface area contributed by atoms with E-state index in [-0.39, 0.29) is 17.7 Å². The highest BCUT2D eigenvalue weighted by Gasteiger charge is 2.47. The Hall–Kier alpha value is -3.54. The molecule has 2 aromatic heterocycles. The van der Waals surface area contributed by atoms with Gasteiger partial charge < -0.3 is 10.6 Å². The van der Waals surface area contributed by atoms with E-state index in [0.29, 0.717) is 17.9 Å². The number of aromatic nitrogens is 2. The summed E-state index contributed by atoms with van der Waals surface area (Å²) in [6.45, 7) is 8.30. The molecule has 3 heterocycles. The Morgan fingerprint density at radius 1 is 1.16 bits per heavy atom. The van der Waals surface area contributed by atoms with Crippen LogP contribution in [-0.2, 0) is 16.8 Å². The van der Waals surface area contributed by atoms with Gasteiger partial charge in [-0.1, -0.05) is 25.1 Å². The number of fused-ring (bicyclic) bond motifs is 1. The summed E-state index contributed by atoms with van der Waals surface area (Å²) in [7, 11) is 0. The van der Waals surface area contributed by atoms with Gasteiger partial charge in [0, 0.05) is 23.0 Å². The molecule has 1 aliphatic rings. The lowest BCUT2D eigenvalue weighted by atomic mass is 9.71. The van der Waals surface area contributed by atoms with Crippen LogP contribution in [0.15, 0.2) is 54.7 Å². The first-order chi connectivity index (χ1) is 14.8. The third-order valence-corrected chi connectivity index (χ3v) is 6.19. The third kappa shape index (κ3) is 3.81. The van der Waals surface area contributed by atoms with Crippen molar-refractivity contribution >= 4 is 17.6 Å². The first-order valence-corrected chi connectivity index (χ1v) is 10.4. The van der Waals surface area contributed by atoms with Gasteiger partial charge in [0.25, 0.3) is 5.91 Å². The maximum absolute atomic E-state index is 12.8. The van der Waals surface area contributed by atoms with Crippen LogP contribution in [0.5, 0.6) is 0 Å². The predicted octanol–water partition coefficient (Wildman–Crippen LogP) is 4.04. The van der Waals surface area contributed by atoms with Gasteiger partial charge >= 0.3 is 0 Å². The average Bonchev–Trinajstić information content (AvgIpc) is 3.02. The van der Waals surface area contributed by atoms with Gasteiger partial charge in [0.15, 0.2) is 0 Å². The number of hydrogen-bond donors (Lipinski definition) is 2. The molecule has 0 aliphatic carbocycles. The van der Waals surface area contributed by atoms with Crippen molar-refractivity contribution < 1.29 is 9.59 Å². The Morgan fingerprint density at radius 3 is 2.61 bits per heavy atom. The minimum atomic E-state index is -0.720. The Bertz CT molecular complexity index is 1140. The number of hydrogen-bond acceptors (Lipinski definition) is 4. The monoisotopic (exact) mass is 414 g/mol. The Balaban J connectivity index is 1.49. The molecule has 0 saturated carbocycles. The normalized spacial score (nSPS) is 18.3. The largest absolute Gasteiger partial charge is 0.346 e. The van der Waals surface area contributed by atoms with Gasteiger partial charge in [0.2, 0.25) is 5.91 Å². The van der Waals surface area contributed by atoms with E-state index in [2.05, 4.69) is 20.6 Å². The molecule has 0 bridgehead atoms. The summed E-state index contributed by atoms with van der Waals surface area (Å²) in [6, 6.07) is 15.2. The summed E-state index contributed by atoms with van der Waals surface area (Å²) < 4.78 is 0. The molecule has 0 fully saturated rings. The topological polar surface area (TPSA) is 84.0 Å². The molecule has 0 saturated heterocycles. The molecule has 6 heteroatoms. The highest BCUT2D eigenvalue weighted by Crippen LogP contribution is 2.45. The zero-order valence-corrected chi connectivity index (χ0v) is 18.2. The number of carbonyl (C=O) groups excluding carboxylic acids is 2. The smallest absolute Gasteiger partial charge is 0.251 e. The van der Waals surface area contributed by atoms with Crippen LogP contribution in [0.2, 0.25) is 0 Å². The van der Waals surface area contributed by atoms with Crippen LogP contribution in [0, 0.1) is 13.8 Å². The number of aryl methyl sites for hydroxylation is 2. The molecule has 4 rings (SSSR count). The van der Waals surface area contributed by atoms with Crippen molar-refractivity contribution in [2.24, 2.45) is 0 Å². The molecule has 1 aromatic carbocycles. The molecular weight excluding hydrogens is 388 g/mol. The number of carbonyl (C=O) groups is 2. The maximum Gasteiger partial charge on any atom is 0.251 e. The quantitative estimate of drug-likeness (QED) is 0.660. The number of nitrogens with one attached hydrogen (secondary N) is 2. The van der Waals surface area contributed by atoms with Crippen molar-refractivity contribution in [2.45, 2.75) is 45.6 Å². The Labute approximate surface area is 182 Å². The first-order valence-electron chi connectivity index (χ1n) is 10.4. The number of nitrogens with zero attached hydrogens (tertiary/aromatic N) is 2. The van der Waals surface area contributed by atoms with E-state index in [0.717, 1.165) is 28.1 Å². The van der Waals surface area contributed by atoms with E-state index >= 15 is 0 Å². The van der Waals surface area contributed by atoms with Gasteiger partial charge in [-0.3, -0.25) is 14.6 Å². The number of anilines is 1. The van der Waals surface area contributed by atoms with E-state index in [1.807, 2.05) is 64.1 Å². The fraction of sp³-hybridized carbons (Fsp3) is 0.280. The third-order valence-electron chi connectivity index (χ3n) is 6.19. The van der Waals surface area contributed by atoms with Crippen LogP contribution in [0.4, 0.5) is 5.82 Å². The SMILES string of the molecule is Cc1cc(C)nc(CNC(=O)c2ccc([C@@H](C)[C@@]3(C)C(=O)Nc4ncccc43)cc2)c1. The van der Waals surface area contributed by atoms with Gasteiger partial charge in [-0.15, -0.1) is 0 Å². The first kappa shape index (κ1) is 20.7. The lowest BCUT2D eigenvalue weighted by Crippen LogP contribution is -2.36. The average molecular weight is 415 g/mol. The lowest BCUT2D eigenvalue weighted by Gasteiger charge is -2.30. The van der Waals surface area contributed by atoms with Gasteiger partial charge in [0.05, 0.1) is 17.7 Å². The summed E-state index contributed by atoms with van der Waals surface area (Å²) >= 11 is 0. The van der Waals surface area contributed by atoms with Crippen molar-refractivity contribution in [1.29, 1.82) is 0 Å². The van der Waals surface area contributed by atoms with Crippen LogP contribution in [-0.4, -0.2) is 21.8 Å². The summed E-state index contributed by atoms with van der Waals surface area (Å²) in [5.74, 6) is 0.323. The van der Waals surface area contributed by atoms with Gasteiger partial charge in [-0.05, 0) is 68.1 Å². The molecule has 2 atom stereocenters. The van der Waals surface area contributed by atoms with Crippen molar-refractivity contribution in [1.82, 2.24) is 15.3 Å². The molecule has 6 nitrogen and oxygen atoms in total. The van der Waals surface area contributed by atoms with E-state index in [9.17, 15) is 9.59 Å². The fourth-order valence-corrected chi connectivity index (χ4v) is 4.26. The molecule has 0 spiro atoms. The van der Waals surface area contributed by atoms with E-state index in [1.165, 1.54) is 0 Å². The highest BCUT2D eigenvalue weighted by atomic mass is 16.2. The minimum absolute atomic E-state index is 0.0588. The van der Waals surface area contributed by atoms with Crippen molar-refractivity contribution in [2.75, 3.05) is 5.32 Å². The Kier molecular flexibility index (Phi) is 5.31. The summed E-state index contributed by atoms with van der Waals surface area (Å²) in [4.78, 5) is 34.1. The zero-order valence-electron chi connectivity index (χ0n) is 18.2. The van der Waals surface area contributed by atoms with Crippen LogP contribution in [0.25, 0.3) is 0 Å².